The van der Waals surface area contributed by atoms with Crippen LogP contribution >= 0.6 is 0 Å². The lowest BCUT2D eigenvalue weighted by molar-refractivity contribution is 0.0687. The van der Waals surface area contributed by atoms with Crippen LogP contribution in [-0.4, -0.2) is 73.9 Å². The number of aromatic nitrogens is 4. The second-order valence-electron chi connectivity index (χ2n) is 9.32. The molecule has 2 bridgehead atoms. The summed E-state index contributed by atoms with van der Waals surface area (Å²) in [5.41, 5.74) is 2.07. The SMILES string of the molecule is Cc1ncoc1C(=O)N1CCCCN(C(=O)c2ccc[nH]2)CCOc2cccc(c2)-c2nccn2CCC1. The van der Waals surface area contributed by atoms with E-state index in [0.717, 1.165) is 36.4 Å². The van der Waals surface area contributed by atoms with E-state index in [1.54, 1.807) is 30.3 Å². The highest BCUT2D eigenvalue weighted by atomic mass is 16.5. The average Bonchev–Trinajstić information content (AvgIpc) is 3.70. The molecule has 1 N–H and O–H groups in total. The fourth-order valence-corrected chi connectivity index (χ4v) is 4.70. The molecule has 3 aromatic heterocycles. The van der Waals surface area contributed by atoms with Crippen molar-refractivity contribution in [2.45, 2.75) is 32.7 Å². The zero-order chi connectivity index (χ0) is 26.3. The van der Waals surface area contributed by atoms with E-state index in [1.165, 1.54) is 6.39 Å². The van der Waals surface area contributed by atoms with Crippen LogP contribution in [0.3, 0.4) is 0 Å². The molecule has 5 rings (SSSR count). The summed E-state index contributed by atoms with van der Waals surface area (Å²) < 4.78 is 13.5. The summed E-state index contributed by atoms with van der Waals surface area (Å²) in [6.45, 7) is 4.95. The summed E-state index contributed by atoms with van der Waals surface area (Å²) in [5, 5.41) is 0. The van der Waals surface area contributed by atoms with Crippen molar-refractivity contribution in [3.8, 4) is 17.1 Å². The molecule has 2 amide bonds. The number of imidazole rings is 1. The second-order valence-corrected chi connectivity index (χ2v) is 9.32. The quantitative estimate of drug-likeness (QED) is 0.431. The maximum atomic E-state index is 13.3. The van der Waals surface area contributed by atoms with Gasteiger partial charge in [-0.05, 0) is 50.5 Å². The Labute approximate surface area is 221 Å². The van der Waals surface area contributed by atoms with Gasteiger partial charge in [0.2, 0.25) is 5.76 Å². The van der Waals surface area contributed by atoms with Crippen LogP contribution in [0.15, 0.2) is 65.8 Å². The van der Waals surface area contributed by atoms with E-state index >= 15 is 0 Å². The monoisotopic (exact) mass is 516 g/mol. The summed E-state index contributed by atoms with van der Waals surface area (Å²) in [6, 6.07) is 11.4. The van der Waals surface area contributed by atoms with Crippen molar-refractivity contribution in [2.75, 3.05) is 32.8 Å². The summed E-state index contributed by atoms with van der Waals surface area (Å²) in [5.74, 6) is 1.61. The smallest absolute Gasteiger partial charge is 0.291 e. The second kappa shape index (κ2) is 11.8. The lowest BCUT2D eigenvalue weighted by Gasteiger charge is -2.24. The molecule has 1 aliphatic rings. The van der Waals surface area contributed by atoms with Crippen molar-refractivity contribution in [1.29, 1.82) is 0 Å². The molecule has 1 aromatic carbocycles. The normalized spacial score (nSPS) is 15.4. The molecule has 4 heterocycles. The predicted octanol–water partition coefficient (Wildman–Crippen LogP) is 4.02. The van der Waals surface area contributed by atoms with E-state index in [-0.39, 0.29) is 17.6 Å². The highest BCUT2D eigenvalue weighted by molar-refractivity contribution is 5.93. The van der Waals surface area contributed by atoms with E-state index in [1.807, 2.05) is 41.4 Å². The van der Waals surface area contributed by atoms with E-state index < -0.39 is 0 Å². The highest BCUT2D eigenvalue weighted by Gasteiger charge is 2.22. The van der Waals surface area contributed by atoms with Crippen molar-refractivity contribution in [1.82, 2.24) is 29.3 Å². The Morgan fingerprint density at radius 3 is 2.50 bits per heavy atom. The molecule has 38 heavy (non-hydrogen) atoms. The number of ether oxygens (including phenoxy) is 1. The number of aryl methyl sites for hydroxylation is 2. The zero-order valence-electron chi connectivity index (χ0n) is 21.5. The molecule has 1 aliphatic heterocycles. The van der Waals surface area contributed by atoms with E-state index in [2.05, 4.69) is 19.5 Å². The van der Waals surface area contributed by atoms with Crippen LogP contribution < -0.4 is 4.74 Å². The van der Waals surface area contributed by atoms with Crippen LogP contribution in [0.25, 0.3) is 11.4 Å². The molecular weight excluding hydrogens is 484 g/mol. The molecule has 0 atom stereocenters. The van der Waals surface area contributed by atoms with Gasteiger partial charge < -0.3 is 28.5 Å². The minimum absolute atomic E-state index is 0.0717. The maximum absolute atomic E-state index is 13.3. The van der Waals surface area contributed by atoms with Crippen LogP contribution in [0.1, 0.15) is 46.0 Å². The minimum Gasteiger partial charge on any atom is -0.492 e. The number of hydrogen-bond acceptors (Lipinski definition) is 6. The molecule has 10 nitrogen and oxygen atoms in total. The first-order valence-corrected chi connectivity index (χ1v) is 13.0. The minimum atomic E-state index is -0.163. The Balaban J connectivity index is 1.38. The van der Waals surface area contributed by atoms with Crippen LogP contribution in [0.5, 0.6) is 5.75 Å². The number of carbonyl (C=O) groups excluding carboxylic acids is 2. The predicted molar refractivity (Wildman–Crippen MR) is 141 cm³/mol. The number of rotatable bonds is 2. The van der Waals surface area contributed by atoms with E-state index in [9.17, 15) is 9.59 Å². The van der Waals surface area contributed by atoms with Crippen LogP contribution in [0.2, 0.25) is 0 Å². The van der Waals surface area contributed by atoms with Gasteiger partial charge in [0.15, 0.2) is 6.39 Å². The first-order chi connectivity index (χ1) is 18.6. The van der Waals surface area contributed by atoms with Crippen LogP contribution in [0, 0.1) is 6.92 Å². The molecule has 0 unspecified atom stereocenters. The summed E-state index contributed by atoms with van der Waals surface area (Å²) in [4.78, 5) is 41.7. The van der Waals surface area contributed by atoms with Gasteiger partial charge in [-0.15, -0.1) is 0 Å². The Kier molecular flexibility index (Phi) is 7.86. The number of carbonyl (C=O) groups is 2. The van der Waals surface area contributed by atoms with Crippen LogP contribution in [0.4, 0.5) is 0 Å². The molecular formula is C28H32N6O4. The number of H-pyrrole nitrogens is 1. The number of benzene rings is 1. The number of aromatic amines is 1. The number of oxazole rings is 1. The van der Waals surface area contributed by atoms with Gasteiger partial charge in [0, 0.05) is 50.3 Å². The molecule has 4 aromatic rings. The van der Waals surface area contributed by atoms with Gasteiger partial charge in [-0.1, -0.05) is 12.1 Å². The highest BCUT2D eigenvalue weighted by Crippen LogP contribution is 2.23. The summed E-state index contributed by atoms with van der Waals surface area (Å²) >= 11 is 0. The number of amides is 2. The fourth-order valence-electron chi connectivity index (χ4n) is 4.70. The van der Waals surface area contributed by atoms with Crippen molar-refractivity contribution in [3.05, 3.63) is 78.5 Å². The standard InChI is InChI=1S/C28H32N6O4/c1-21-25(38-20-31-21)28(36)33-12-2-3-13-34(27(35)24-9-5-10-29-24)17-18-37-23-8-4-7-22(19-23)26-30-11-16-32(26)14-6-15-33/h4-5,7-11,16,19-20,29H,2-3,6,12-15,17-18H2,1H3. The molecule has 0 fully saturated rings. The van der Waals surface area contributed by atoms with Gasteiger partial charge >= 0.3 is 0 Å². The molecule has 198 valence electrons. The van der Waals surface area contributed by atoms with Gasteiger partial charge in [-0.2, -0.15) is 0 Å². The first kappa shape index (κ1) is 25.3. The third kappa shape index (κ3) is 5.80. The molecule has 0 saturated heterocycles. The fraction of sp³-hybridized carbons (Fsp3) is 0.357. The lowest BCUT2D eigenvalue weighted by atomic mass is 10.2. The first-order valence-electron chi connectivity index (χ1n) is 13.0. The van der Waals surface area contributed by atoms with Gasteiger partial charge in [-0.25, -0.2) is 9.97 Å². The number of nitrogens with one attached hydrogen (secondary N) is 1. The third-order valence-corrected chi connectivity index (χ3v) is 6.71. The number of fused-ring (bicyclic) bond motifs is 4. The molecule has 0 aliphatic carbocycles. The Morgan fingerprint density at radius 2 is 1.74 bits per heavy atom. The molecule has 10 heteroatoms. The third-order valence-electron chi connectivity index (χ3n) is 6.71. The van der Waals surface area contributed by atoms with Crippen molar-refractivity contribution in [3.63, 3.8) is 0 Å². The zero-order valence-corrected chi connectivity index (χ0v) is 21.5. The molecule has 0 spiro atoms. The van der Waals surface area contributed by atoms with Crippen molar-refractivity contribution >= 4 is 11.8 Å². The average molecular weight is 517 g/mol. The lowest BCUT2D eigenvalue weighted by Crippen LogP contribution is -2.37. The molecule has 0 radical (unpaired) electrons. The van der Waals surface area contributed by atoms with E-state index in [0.29, 0.717) is 50.7 Å². The summed E-state index contributed by atoms with van der Waals surface area (Å²) in [6.07, 6.45) is 9.02. The maximum Gasteiger partial charge on any atom is 0.291 e. The van der Waals surface area contributed by atoms with Crippen molar-refractivity contribution in [2.24, 2.45) is 0 Å². The summed E-state index contributed by atoms with van der Waals surface area (Å²) in [7, 11) is 0. The Hall–Kier alpha value is -4.34. The van der Waals surface area contributed by atoms with Gasteiger partial charge in [0.1, 0.15) is 23.9 Å². The van der Waals surface area contributed by atoms with Crippen LogP contribution in [-0.2, 0) is 6.54 Å². The number of nitrogens with zero attached hydrogens (tertiary/aromatic N) is 5. The van der Waals surface area contributed by atoms with Gasteiger partial charge in [0.05, 0.1) is 12.2 Å². The Morgan fingerprint density at radius 1 is 0.921 bits per heavy atom. The largest absolute Gasteiger partial charge is 0.492 e. The number of hydrogen-bond donors (Lipinski definition) is 1. The topological polar surface area (TPSA) is 109 Å². The van der Waals surface area contributed by atoms with E-state index in [4.69, 9.17) is 9.15 Å². The van der Waals surface area contributed by atoms with Gasteiger partial charge in [0.25, 0.3) is 11.8 Å². The molecule has 0 saturated carbocycles. The van der Waals surface area contributed by atoms with Gasteiger partial charge in [-0.3, -0.25) is 9.59 Å². The Bertz CT molecular complexity index is 1360. The van der Waals surface area contributed by atoms with Crippen molar-refractivity contribution < 1.29 is 18.7 Å².